The predicted octanol–water partition coefficient (Wildman–Crippen LogP) is 11.5. The molecule has 0 radical (unpaired) electrons. The molecule has 0 saturated heterocycles. The van der Waals surface area contributed by atoms with Gasteiger partial charge in [-0.15, -0.1) is 0 Å². The molecule has 7 aromatic rings. The lowest BCUT2D eigenvalue weighted by molar-refractivity contribution is 1.28. The summed E-state index contributed by atoms with van der Waals surface area (Å²) in [5.41, 5.74) is 15.1. The molecule has 0 atom stereocenters. The molecule has 0 amide bonds. The molecule has 3 nitrogen and oxygen atoms in total. The van der Waals surface area contributed by atoms with Gasteiger partial charge in [0, 0.05) is 17.1 Å². The normalized spacial score (nSPS) is 10.9. The largest absolute Gasteiger partial charge is 0.310 e. The van der Waals surface area contributed by atoms with Crippen molar-refractivity contribution in [3.63, 3.8) is 0 Å². The Morgan fingerprint density at radius 2 is 0.745 bits per heavy atom. The van der Waals surface area contributed by atoms with Crippen molar-refractivity contribution < 1.29 is 0 Å². The van der Waals surface area contributed by atoms with Gasteiger partial charge in [0.2, 0.25) is 0 Å². The van der Waals surface area contributed by atoms with Crippen LogP contribution in [0.1, 0.15) is 11.1 Å². The molecule has 0 fully saturated rings. The standard InChI is InChI=1S/C44H27N3/c45-28-32-20-19-30(25-33(32)29-46)31-21-23-41-39-17-9-7-15-37(39)38-16-8-10-18-40(38)42-24-22-36(27-44(42)43(41)26-31)47(34-11-3-1-4-12-34)35-13-5-2-6-14-35/h1-27H. The zero-order valence-electron chi connectivity index (χ0n) is 25.4. The molecule has 0 aliphatic heterocycles. The summed E-state index contributed by atoms with van der Waals surface area (Å²) in [5, 5.41) is 19.3. The van der Waals surface area contributed by atoms with Gasteiger partial charge in [0.15, 0.2) is 0 Å². The maximum absolute atomic E-state index is 9.78. The number of para-hydroxylation sites is 2. The minimum absolute atomic E-state index is 0.375. The summed E-state index contributed by atoms with van der Waals surface area (Å²) in [6.45, 7) is 0. The molecule has 218 valence electrons. The van der Waals surface area contributed by atoms with Crippen molar-refractivity contribution in [2.75, 3.05) is 4.90 Å². The van der Waals surface area contributed by atoms with Crippen molar-refractivity contribution in [2.45, 2.75) is 0 Å². The van der Waals surface area contributed by atoms with Gasteiger partial charge in [-0.05, 0) is 110 Å². The van der Waals surface area contributed by atoms with Crippen LogP contribution in [0.2, 0.25) is 0 Å². The van der Waals surface area contributed by atoms with Crippen LogP contribution in [-0.4, -0.2) is 0 Å². The zero-order chi connectivity index (χ0) is 31.7. The first-order chi connectivity index (χ1) is 23.2. The van der Waals surface area contributed by atoms with Gasteiger partial charge >= 0.3 is 0 Å². The molecular weight excluding hydrogens is 571 g/mol. The van der Waals surface area contributed by atoms with Gasteiger partial charge in [-0.3, -0.25) is 0 Å². The maximum atomic E-state index is 9.78. The number of nitrogens with zero attached hydrogens (tertiary/aromatic N) is 3. The first-order valence-electron chi connectivity index (χ1n) is 15.6. The van der Waals surface area contributed by atoms with Crippen LogP contribution in [0.25, 0.3) is 55.6 Å². The van der Waals surface area contributed by atoms with Crippen LogP contribution in [0, 0.1) is 22.7 Å². The fourth-order valence-electron chi connectivity index (χ4n) is 6.73. The Bertz CT molecular complexity index is 2340. The van der Waals surface area contributed by atoms with Crippen molar-refractivity contribution in [1.29, 1.82) is 10.5 Å². The van der Waals surface area contributed by atoms with E-state index in [0.29, 0.717) is 11.1 Å². The average molecular weight is 598 g/mol. The van der Waals surface area contributed by atoms with E-state index in [1.807, 2.05) is 24.3 Å². The fourth-order valence-corrected chi connectivity index (χ4v) is 6.73. The molecule has 8 rings (SSSR count). The highest BCUT2D eigenvalue weighted by atomic mass is 15.1. The van der Waals surface area contributed by atoms with E-state index >= 15 is 0 Å². The van der Waals surface area contributed by atoms with E-state index in [1.54, 1.807) is 6.07 Å². The lowest BCUT2D eigenvalue weighted by atomic mass is 9.80. The molecule has 47 heavy (non-hydrogen) atoms. The smallest absolute Gasteiger partial charge is 0.101 e. The highest BCUT2D eigenvalue weighted by Gasteiger charge is 2.24. The van der Waals surface area contributed by atoms with Crippen molar-refractivity contribution in [3.8, 4) is 67.8 Å². The van der Waals surface area contributed by atoms with E-state index < -0.39 is 0 Å². The van der Waals surface area contributed by atoms with E-state index in [2.05, 4.69) is 150 Å². The second-order valence-electron chi connectivity index (χ2n) is 11.6. The van der Waals surface area contributed by atoms with Crippen molar-refractivity contribution in [1.82, 2.24) is 0 Å². The van der Waals surface area contributed by atoms with Crippen LogP contribution < -0.4 is 4.90 Å². The third-order valence-electron chi connectivity index (χ3n) is 8.92. The maximum Gasteiger partial charge on any atom is 0.101 e. The molecule has 7 aromatic carbocycles. The predicted molar refractivity (Wildman–Crippen MR) is 191 cm³/mol. The molecule has 3 heteroatoms. The van der Waals surface area contributed by atoms with Gasteiger partial charge in [-0.2, -0.15) is 10.5 Å². The molecule has 0 aromatic heterocycles. The lowest BCUT2D eigenvalue weighted by Crippen LogP contribution is -2.10. The minimum Gasteiger partial charge on any atom is -0.310 e. The Kier molecular flexibility index (Phi) is 6.92. The molecule has 0 saturated carbocycles. The lowest BCUT2D eigenvalue weighted by Gasteiger charge is -2.28. The van der Waals surface area contributed by atoms with Gasteiger partial charge < -0.3 is 4.90 Å². The van der Waals surface area contributed by atoms with E-state index in [1.165, 1.54) is 16.7 Å². The first kappa shape index (κ1) is 27.8. The Labute approximate surface area is 274 Å². The van der Waals surface area contributed by atoms with Crippen molar-refractivity contribution in [3.05, 3.63) is 175 Å². The Morgan fingerprint density at radius 1 is 0.319 bits per heavy atom. The first-order valence-corrected chi connectivity index (χ1v) is 15.6. The third-order valence-corrected chi connectivity index (χ3v) is 8.92. The van der Waals surface area contributed by atoms with Crippen LogP contribution in [0.15, 0.2) is 164 Å². The van der Waals surface area contributed by atoms with Crippen LogP contribution in [-0.2, 0) is 0 Å². The van der Waals surface area contributed by atoms with Crippen molar-refractivity contribution in [2.24, 2.45) is 0 Å². The van der Waals surface area contributed by atoms with Crippen LogP contribution >= 0.6 is 0 Å². The molecule has 1 aliphatic carbocycles. The number of hydrogen-bond donors (Lipinski definition) is 0. The summed E-state index contributed by atoms with van der Waals surface area (Å²) >= 11 is 0. The van der Waals surface area contributed by atoms with Gasteiger partial charge in [-0.1, -0.05) is 109 Å². The molecular formula is C44H27N3. The number of fused-ring (bicyclic) bond motifs is 8. The number of nitriles is 2. The molecule has 0 N–H and O–H groups in total. The van der Waals surface area contributed by atoms with Crippen LogP contribution in [0.3, 0.4) is 0 Å². The number of benzene rings is 7. The van der Waals surface area contributed by atoms with Crippen molar-refractivity contribution >= 4 is 17.1 Å². The Hall–Kier alpha value is -6.68. The summed E-state index contributed by atoms with van der Waals surface area (Å²) in [4.78, 5) is 2.29. The number of rotatable bonds is 4. The monoisotopic (exact) mass is 597 g/mol. The second-order valence-corrected chi connectivity index (χ2v) is 11.6. The molecule has 0 bridgehead atoms. The van der Waals surface area contributed by atoms with Gasteiger partial charge in [0.1, 0.15) is 12.1 Å². The second kappa shape index (κ2) is 11.7. The van der Waals surface area contributed by atoms with Crippen LogP contribution in [0.4, 0.5) is 17.1 Å². The quantitative estimate of drug-likeness (QED) is 0.203. The van der Waals surface area contributed by atoms with E-state index in [4.69, 9.17) is 0 Å². The van der Waals surface area contributed by atoms with Gasteiger partial charge in [0.05, 0.1) is 11.1 Å². The number of anilines is 3. The van der Waals surface area contributed by atoms with E-state index in [0.717, 1.165) is 56.0 Å². The zero-order valence-corrected chi connectivity index (χ0v) is 25.4. The summed E-state index contributed by atoms with van der Waals surface area (Å²) in [6, 6.07) is 61.3. The minimum atomic E-state index is 0.375. The SMILES string of the molecule is N#Cc1ccc(-c2ccc3c(c2)-c2cc(N(c4ccccc4)c4ccccc4)ccc2-c2ccccc2-c2ccccc2-3)cc1C#N. The third kappa shape index (κ3) is 4.84. The fraction of sp³-hybridized carbons (Fsp3) is 0. The van der Waals surface area contributed by atoms with Gasteiger partial charge in [0.25, 0.3) is 0 Å². The summed E-state index contributed by atoms with van der Waals surface area (Å²) in [7, 11) is 0. The van der Waals surface area contributed by atoms with E-state index in [-0.39, 0.29) is 0 Å². The summed E-state index contributed by atoms with van der Waals surface area (Å²) < 4.78 is 0. The Morgan fingerprint density at radius 3 is 1.28 bits per heavy atom. The topological polar surface area (TPSA) is 50.8 Å². The van der Waals surface area contributed by atoms with Crippen LogP contribution in [0.5, 0.6) is 0 Å². The summed E-state index contributed by atoms with van der Waals surface area (Å²) in [5.74, 6) is 0. The Balaban J connectivity index is 1.43. The summed E-state index contributed by atoms with van der Waals surface area (Å²) in [6.07, 6.45) is 0. The molecule has 0 spiro atoms. The molecule has 1 aliphatic rings. The average Bonchev–Trinajstić information content (AvgIpc) is 3.15. The highest BCUT2D eigenvalue weighted by Crippen LogP contribution is 2.50. The molecule has 0 unspecified atom stereocenters. The highest BCUT2D eigenvalue weighted by molar-refractivity contribution is 6.04. The molecule has 0 heterocycles. The van der Waals surface area contributed by atoms with E-state index in [9.17, 15) is 10.5 Å². The number of hydrogen-bond acceptors (Lipinski definition) is 3. The van der Waals surface area contributed by atoms with Gasteiger partial charge in [-0.25, -0.2) is 0 Å².